The smallest absolute Gasteiger partial charge is 0.252 e. The predicted molar refractivity (Wildman–Crippen MR) is 101 cm³/mol. The van der Waals surface area contributed by atoms with Gasteiger partial charge in [0.2, 0.25) is 0 Å². The molecule has 1 heterocycles. The second kappa shape index (κ2) is 7.79. The number of carbonyl (C=O) groups is 1. The van der Waals surface area contributed by atoms with E-state index in [1.165, 1.54) is 0 Å². The number of hydrogen-bond acceptors (Lipinski definition) is 3. The fraction of sp³-hybridized carbons (Fsp3) is 0.238. The van der Waals surface area contributed by atoms with Gasteiger partial charge in [0.25, 0.3) is 5.91 Å². The first-order chi connectivity index (χ1) is 12.2. The normalized spacial score (nSPS) is 10.6. The van der Waals surface area contributed by atoms with Crippen molar-refractivity contribution < 1.29 is 9.53 Å². The number of para-hydroxylation sites is 1. The van der Waals surface area contributed by atoms with Crippen molar-refractivity contribution in [3.63, 3.8) is 0 Å². The quantitative estimate of drug-likeness (QED) is 0.678. The highest BCUT2D eigenvalue weighted by molar-refractivity contribution is 6.07. The Morgan fingerprint density at radius 2 is 1.96 bits per heavy atom. The summed E-state index contributed by atoms with van der Waals surface area (Å²) in [6.07, 6.45) is 2.02. The van der Waals surface area contributed by atoms with Crippen molar-refractivity contribution in [1.29, 1.82) is 0 Å². The number of aromatic nitrogens is 1. The summed E-state index contributed by atoms with van der Waals surface area (Å²) in [5.41, 5.74) is 3.15. The molecule has 0 atom stereocenters. The second-order valence-corrected chi connectivity index (χ2v) is 5.91. The van der Waals surface area contributed by atoms with Crippen LogP contribution in [0.25, 0.3) is 22.2 Å². The average molecular weight is 334 g/mol. The summed E-state index contributed by atoms with van der Waals surface area (Å²) in [6, 6.07) is 17.3. The molecule has 0 radical (unpaired) electrons. The first kappa shape index (κ1) is 17.0. The third kappa shape index (κ3) is 3.79. The molecule has 0 unspecified atom stereocenters. The van der Waals surface area contributed by atoms with Crippen LogP contribution in [0.2, 0.25) is 0 Å². The first-order valence-electron chi connectivity index (χ1n) is 8.55. The van der Waals surface area contributed by atoms with Crippen LogP contribution in [0.15, 0.2) is 54.6 Å². The molecule has 1 amide bonds. The summed E-state index contributed by atoms with van der Waals surface area (Å²) in [5.74, 6) is 0.706. The molecule has 25 heavy (non-hydrogen) atoms. The number of methoxy groups -OCH3 is 1. The molecule has 3 aromatic rings. The van der Waals surface area contributed by atoms with E-state index in [1.807, 2.05) is 54.6 Å². The Balaban J connectivity index is 2.07. The number of fused-ring (bicyclic) bond motifs is 1. The van der Waals surface area contributed by atoms with Crippen molar-refractivity contribution in [1.82, 2.24) is 10.3 Å². The Bertz CT molecular complexity index is 890. The fourth-order valence-electron chi connectivity index (χ4n) is 2.77. The topological polar surface area (TPSA) is 51.2 Å². The van der Waals surface area contributed by atoms with Gasteiger partial charge in [-0.3, -0.25) is 4.79 Å². The summed E-state index contributed by atoms with van der Waals surface area (Å²) in [5, 5.41) is 3.87. The van der Waals surface area contributed by atoms with Gasteiger partial charge >= 0.3 is 0 Å². The molecule has 0 fully saturated rings. The van der Waals surface area contributed by atoms with E-state index in [2.05, 4.69) is 12.2 Å². The van der Waals surface area contributed by atoms with Crippen molar-refractivity contribution in [2.24, 2.45) is 0 Å². The third-order valence-electron chi connectivity index (χ3n) is 4.14. The Morgan fingerprint density at radius 1 is 1.12 bits per heavy atom. The van der Waals surface area contributed by atoms with Crippen LogP contribution >= 0.6 is 0 Å². The number of ether oxygens (including phenoxy) is 1. The van der Waals surface area contributed by atoms with Crippen molar-refractivity contribution in [3.05, 3.63) is 60.2 Å². The molecular weight excluding hydrogens is 312 g/mol. The Labute approximate surface area is 147 Å². The Kier molecular flexibility index (Phi) is 5.29. The zero-order valence-electron chi connectivity index (χ0n) is 14.6. The van der Waals surface area contributed by atoms with E-state index in [-0.39, 0.29) is 5.91 Å². The molecule has 128 valence electrons. The van der Waals surface area contributed by atoms with E-state index in [1.54, 1.807) is 7.11 Å². The molecule has 0 aliphatic heterocycles. The van der Waals surface area contributed by atoms with Crippen LogP contribution < -0.4 is 10.1 Å². The minimum atomic E-state index is -0.0591. The van der Waals surface area contributed by atoms with Gasteiger partial charge < -0.3 is 10.1 Å². The van der Waals surface area contributed by atoms with Crippen LogP contribution in [0.1, 0.15) is 30.1 Å². The Morgan fingerprint density at radius 3 is 2.76 bits per heavy atom. The number of nitrogens with one attached hydrogen (secondary N) is 1. The van der Waals surface area contributed by atoms with Crippen LogP contribution in [0, 0.1) is 0 Å². The van der Waals surface area contributed by atoms with Gasteiger partial charge in [0.15, 0.2) is 0 Å². The van der Waals surface area contributed by atoms with Crippen molar-refractivity contribution >= 4 is 16.8 Å². The van der Waals surface area contributed by atoms with Gasteiger partial charge in [-0.25, -0.2) is 4.98 Å². The third-order valence-corrected chi connectivity index (χ3v) is 4.14. The fourth-order valence-corrected chi connectivity index (χ4v) is 2.77. The van der Waals surface area contributed by atoms with Gasteiger partial charge in [0, 0.05) is 17.5 Å². The SMILES string of the molecule is CCCCNC(=O)c1cc(-c2cccc(OC)c2)nc2ccccc12. The van der Waals surface area contributed by atoms with Gasteiger partial charge in [0.05, 0.1) is 23.9 Å². The zero-order valence-corrected chi connectivity index (χ0v) is 14.6. The summed E-state index contributed by atoms with van der Waals surface area (Å²) in [4.78, 5) is 17.4. The molecule has 4 nitrogen and oxygen atoms in total. The lowest BCUT2D eigenvalue weighted by Crippen LogP contribution is -2.24. The van der Waals surface area contributed by atoms with E-state index in [4.69, 9.17) is 9.72 Å². The minimum absolute atomic E-state index is 0.0591. The number of pyridine rings is 1. The minimum Gasteiger partial charge on any atom is -0.497 e. The summed E-state index contributed by atoms with van der Waals surface area (Å²) >= 11 is 0. The van der Waals surface area contributed by atoms with E-state index >= 15 is 0 Å². The molecule has 0 spiro atoms. The standard InChI is InChI=1S/C21H22N2O2/c1-3-4-12-22-21(24)18-14-20(15-8-7-9-16(13-15)25-2)23-19-11-6-5-10-17(18)19/h5-11,13-14H,3-4,12H2,1-2H3,(H,22,24). The summed E-state index contributed by atoms with van der Waals surface area (Å²) in [6.45, 7) is 2.79. The maximum atomic E-state index is 12.7. The summed E-state index contributed by atoms with van der Waals surface area (Å²) < 4.78 is 5.30. The Hall–Kier alpha value is -2.88. The number of amides is 1. The largest absolute Gasteiger partial charge is 0.497 e. The van der Waals surface area contributed by atoms with E-state index < -0.39 is 0 Å². The number of hydrogen-bond donors (Lipinski definition) is 1. The van der Waals surface area contributed by atoms with Crippen LogP contribution in [0.3, 0.4) is 0 Å². The second-order valence-electron chi connectivity index (χ2n) is 5.91. The molecular formula is C21H22N2O2. The maximum Gasteiger partial charge on any atom is 0.252 e. The molecule has 4 heteroatoms. The van der Waals surface area contributed by atoms with E-state index in [0.29, 0.717) is 12.1 Å². The first-order valence-corrected chi connectivity index (χ1v) is 8.55. The zero-order chi connectivity index (χ0) is 17.6. The molecule has 0 saturated carbocycles. The lowest BCUT2D eigenvalue weighted by molar-refractivity contribution is 0.0955. The van der Waals surface area contributed by atoms with Crippen LogP contribution in [-0.4, -0.2) is 24.5 Å². The lowest BCUT2D eigenvalue weighted by atomic mass is 10.0. The number of rotatable bonds is 6. The average Bonchev–Trinajstić information content (AvgIpc) is 2.67. The van der Waals surface area contributed by atoms with Gasteiger partial charge in [-0.2, -0.15) is 0 Å². The van der Waals surface area contributed by atoms with Gasteiger partial charge in [-0.1, -0.05) is 43.7 Å². The van der Waals surface area contributed by atoms with Crippen LogP contribution in [-0.2, 0) is 0 Å². The van der Waals surface area contributed by atoms with Gasteiger partial charge in [-0.05, 0) is 30.7 Å². The number of unbranched alkanes of at least 4 members (excludes halogenated alkanes) is 1. The molecule has 3 rings (SSSR count). The summed E-state index contributed by atoms with van der Waals surface area (Å²) in [7, 11) is 1.64. The van der Waals surface area contributed by atoms with Crippen molar-refractivity contribution in [3.8, 4) is 17.0 Å². The molecule has 0 aliphatic rings. The maximum absolute atomic E-state index is 12.7. The molecule has 0 aliphatic carbocycles. The molecule has 0 bridgehead atoms. The van der Waals surface area contributed by atoms with Gasteiger partial charge in [-0.15, -0.1) is 0 Å². The number of carbonyl (C=O) groups excluding carboxylic acids is 1. The highest BCUT2D eigenvalue weighted by atomic mass is 16.5. The van der Waals surface area contributed by atoms with Crippen molar-refractivity contribution in [2.45, 2.75) is 19.8 Å². The highest BCUT2D eigenvalue weighted by Crippen LogP contribution is 2.27. The predicted octanol–water partition coefficient (Wildman–Crippen LogP) is 4.44. The molecule has 1 aromatic heterocycles. The van der Waals surface area contributed by atoms with E-state index in [0.717, 1.165) is 40.8 Å². The van der Waals surface area contributed by atoms with Crippen LogP contribution in [0.4, 0.5) is 0 Å². The molecule has 0 saturated heterocycles. The monoisotopic (exact) mass is 334 g/mol. The lowest BCUT2D eigenvalue weighted by Gasteiger charge is -2.11. The highest BCUT2D eigenvalue weighted by Gasteiger charge is 2.13. The van der Waals surface area contributed by atoms with Crippen molar-refractivity contribution in [2.75, 3.05) is 13.7 Å². The molecule has 2 aromatic carbocycles. The van der Waals surface area contributed by atoms with E-state index in [9.17, 15) is 4.79 Å². The number of benzene rings is 2. The molecule has 1 N–H and O–H groups in total. The van der Waals surface area contributed by atoms with Gasteiger partial charge in [0.1, 0.15) is 5.75 Å². The number of nitrogens with zero attached hydrogens (tertiary/aromatic N) is 1. The van der Waals surface area contributed by atoms with Crippen LogP contribution in [0.5, 0.6) is 5.75 Å².